The third-order valence-corrected chi connectivity index (χ3v) is 4.39. The number of hydrogen-bond acceptors (Lipinski definition) is 4. The van der Waals surface area contributed by atoms with Crippen LogP contribution in [0, 0.1) is 17.4 Å². The molecule has 2 aromatic heterocycles. The molecule has 0 spiro atoms. The van der Waals surface area contributed by atoms with Gasteiger partial charge in [0.25, 0.3) is 0 Å². The number of aryl methyl sites for hydroxylation is 2. The summed E-state index contributed by atoms with van der Waals surface area (Å²) in [5.74, 6) is 1.28. The predicted octanol–water partition coefficient (Wildman–Crippen LogP) is 4.30. The molecule has 0 aromatic carbocycles. The van der Waals surface area contributed by atoms with Crippen LogP contribution in [0.4, 0.5) is 0 Å². The SMILES string of the molecule is Cc1noc(C)c1-c1nc(Cl)c(I)c(C(C)(C)C)n1. The van der Waals surface area contributed by atoms with Crippen molar-refractivity contribution >= 4 is 34.2 Å². The number of rotatable bonds is 1. The van der Waals surface area contributed by atoms with E-state index in [9.17, 15) is 0 Å². The maximum atomic E-state index is 6.24. The Morgan fingerprint density at radius 3 is 2.26 bits per heavy atom. The Labute approximate surface area is 131 Å². The molecule has 2 heterocycles. The molecule has 0 saturated heterocycles. The molecule has 4 nitrogen and oxygen atoms in total. The molecule has 0 aliphatic carbocycles. The quantitative estimate of drug-likeness (QED) is 0.537. The zero-order valence-corrected chi connectivity index (χ0v) is 14.4. The predicted molar refractivity (Wildman–Crippen MR) is 83.4 cm³/mol. The zero-order valence-electron chi connectivity index (χ0n) is 11.5. The van der Waals surface area contributed by atoms with Crippen molar-refractivity contribution in [1.82, 2.24) is 15.1 Å². The average Bonchev–Trinajstić information content (AvgIpc) is 2.61. The standard InChI is InChI=1S/C13H15ClIN3O/c1-6-8(7(2)19-18-6)12-16-10(13(3,4)5)9(15)11(14)17-12/h1-5H3. The molecule has 6 heteroatoms. The molecule has 19 heavy (non-hydrogen) atoms. The Morgan fingerprint density at radius 1 is 1.16 bits per heavy atom. The van der Waals surface area contributed by atoms with Crippen molar-refractivity contribution in [1.29, 1.82) is 0 Å². The Kier molecular flexibility index (Phi) is 3.88. The molecule has 0 fully saturated rings. The lowest BCUT2D eigenvalue weighted by atomic mass is 9.92. The van der Waals surface area contributed by atoms with Gasteiger partial charge in [0.05, 0.1) is 20.5 Å². The first-order valence-corrected chi connectivity index (χ1v) is 7.34. The van der Waals surface area contributed by atoms with Crippen LogP contribution in [0.25, 0.3) is 11.4 Å². The summed E-state index contributed by atoms with van der Waals surface area (Å²) < 4.78 is 6.06. The van der Waals surface area contributed by atoms with Crippen molar-refractivity contribution in [2.24, 2.45) is 0 Å². The molecule has 2 aromatic rings. The van der Waals surface area contributed by atoms with Crippen LogP contribution in [-0.2, 0) is 5.41 Å². The fourth-order valence-corrected chi connectivity index (χ4v) is 3.05. The van der Waals surface area contributed by atoms with Gasteiger partial charge in [0, 0.05) is 5.41 Å². The second-order valence-electron chi connectivity index (χ2n) is 5.45. The maximum Gasteiger partial charge on any atom is 0.166 e. The summed E-state index contributed by atoms with van der Waals surface area (Å²) in [7, 11) is 0. The van der Waals surface area contributed by atoms with Gasteiger partial charge in [-0.05, 0) is 36.4 Å². The van der Waals surface area contributed by atoms with Gasteiger partial charge in [-0.25, -0.2) is 9.97 Å². The first-order valence-electron chi connectivity index (χ1n) is 5.88. The van der Waals surface area contributed by atoms with Crippen LogP contribution in [0.3, 0.4) is 0 Å². The first kappa shape index (κ1) is 14.7. The first-order chi connectivity index (χ1) is 8.71. The van der Waals surface area contributed by atoms with Crippen LogP contribution in [0.5, 0.6) is 0 Å². The highest BCUT2D eigenvalue weighted by atomic mass is 127. The largest absolute Gasteiger partial charge is 0.361 e. The molecule has 0 saturated carbocycles. The fraction of sp³-hybridized carbons (Fsp3) is 0.462. The molecule has 0 bridgehead atoms. The lowest BCUT2D eigenvalue weighted by molar-refractivity contribution is 0.393. The van der Waals surface area contributed by atoms with Gasteiger partial charge >= 0.3 is 0 Å². The Bertz CT molecular complexity index is 612. The van der Waals surface area contributed by atoms with Gasteiger partial charge in [-0.3, -0.25) is 0 Å². The highest BCUT2D eigenvalue weighted by Crippen LogP contribution is 2.33. The van der Waals surface area contributed by atoms with E-state index in [1.165, 1.54) is 0 Å². The van der Waals surface area contributed by atoms with Gasteiger partial charge < -0.3 is 4.52 Å². The van der Waals surface area contributed by atoms with Crippen molar-refractivity contribution in [3.8, 4) is 11.4 Å². The van der Waals surface area contributed by atoms with Crippen LogP contribution < -0.4 is 0 Å². The molecule has 2 rings (SSSR count). The van der Waals surface area contributed by atoms with E-state index in [2.05, 4.69) is 58.5 Å². The summed E-state index contributed by atoms with van der Waals surface area (Å²) in [4.78, 5) is 9.02. The van der Waals surface area contributed by atoms with Crippen LogP contribution in [0.15, 0.2) is 4.52 Å². The highest BCUT2D eigenvalue weighted by molar-refractivity contribution is 14.1. The molecule has 0 atom stereocenters. The molecular weight excluding hydrogens is 377 g/mol. The number of hydrogen-bond donors (Lipinski definition) is 0. The van der Waals surface area contributed by atoms with E-state index in [4.69, 9.17) is 16.1 Å². The van der Waals surface area contributed by atoms with Crippen LogP contribution in [0.1, 0.15) is 37.9 Å². The zero-order chi connectivity index (χ0) is 14.4. The molecule has 0 unspecified atom stereocenters. The van der Waals surface area contributed by atoms with E-state index >= 15 is 0 Å². The molecular formula is C13H15ClIN3O. The summed E-state index contributed by atoms with van der Waals surface area (Å²) in [5.41, 5.74) is 2.43. The minimum absolute atomic E-state index is 0.100. The van der Waals surface area contributed by atoms with E-state index in [0.717, 1.165) is 20.5 Å². The van der Waals surface area contributed by atoms with Crippen molar-refractivity contribution in [3.63, 3.8) is 0 Å². The van der Waals surface area contributed by atoms with Gasteiger partial charge in [0.1, 0.15) is 10.9 Å². The molecule has 0 amide bonds. The average molecular weight is 392 g/mol. The molecule has 102 valence electrons. The lowest BCUT2D eigenvalue weighted by Gasteiger charge is -2.20. The Morgan fingerprint density at radius 2 is 1.79 bits per heavy atom. The van der Waals surface area contributed by atoms with Gasteiger partial charge in [-0.15, -0.1) is 0 Å². The van der Waals surface area contributed by atoms with E-state index in [-0.39, 0.29) is 5.41 Å². The van der Waals surface area contributed by atoms with E-state index in [1.807, 2.05) is 13.8 Å². The molecule has 0 N–H and O–H groups in total. The maximum absolute atomic E-state index is 6.24. The Balaban J connectivity index is 2.71. The molecule has 0 aliphatic heterocycles. The second-order valence-corrected chi connectivity index (χ2v) is 6.89. The minimum atomic E-state index is -0.100. The summed E-state index contributed by atoms with van der Waals surface area (Å²) in [6.07, 6.45) is 0. The van der Waals surface area contributed by atoms with Crippen molar-refractivity contribution in [3.05, 3.63) is 25.9 Å². The summed E-state index contributed by atoms with van der Waals surface area (Å²) in [6.45, 7) is 10.0. The summed E-state index contributed by atoms with van der Waals surface area (Å²) >= 11 is 8.42. The highest BCUT2D eigenvalue weighted by Gasteiger charge is 2.24. The monoisotopic (exact) mass is 391 g/mol. The normalized spacial score (nSPS) is 11.9. The van der Waals surface area contributed by atoms with Crippen molar-refractivity contribution < 1.29 is 4.52 Å². The van der Waals surface area contributed by atoms with E-state index in [0.29, 0.717) is 16.7 Å². The third kappa shape index (κ3) is 2.76. The number of nitrogens with zero attached hydrogens (tertiary/aromatic N) is 3. The Hall–Kier alpha value is -0.690. The smallest absolute Gasteiger partial charge is 0.166 e. The second kappa shape index (κ2) is 5.01. The summed E-state index contributed by atoms with van der Waals surface area (Å²) in [5, 5.41) is 4.40. The van der Waals surface area contributed by atoms with Crippen molar-refractivity contribution in [2.45, 2.75) is 40.0 Å². The van der Waals surface area contributed by atoms with Gasteiger partial charge in [0.2, 0.25) is 0 Å². The molecule has 0 aliphatic rings. The van der Waals surface area contributed by atoms with Crippen molar-refractivity contribution in [2.75, 3.05) is 0 Å². The van der Waals surface area contributed by atoms with Crippen LogP contribution in [-0.4, -0.2) is 15.1 Å². The summed E-state index contributed by atoms with van der Waals surface area (Å²) in [6, 6.07) is 0. The topological polar surface area (TPSA) is 51.8 Å². The molecule has 0 radical (unpaired) electrons. The van der Waals surface area contributed by atoms with Crippen LogP contribution >= 0.6 is 34.2 Å². The number of aromatic nitrogens is 3. The van der Waals surface area contributed by atoms with Crippen LogP contribution in [0.2, 0.25) is 5.15 Å². The number of halogens is 2. The lowest BCUT2D eigenvalue weighted by Crippen LogP contribution is -2.17. The van der Waals surface area contributed by atoms with Gasteiger partial charge in [-0.1, -0.05) is 37.5 Å². The van der Waals surface area contributed by atoms with E-state index in [1.54, 1.807) is 0 Å². The minimum Gasteiger partial charge on any atom is -0.361 e. The van der Waals surface area contributed by atoms with Gasteiger partial charge in [0.15, 0.2) is 5.82 Å². The van der Waals surface area contributed by atoms with Gasteiger partial charge in [-0.2, -0.15) is 0 Å². The van der Waals surface area contributed by atoms with E-state index < -0.39 is 0 Å². The fourth-order valence-electron chi connectivity index (χ4n) is 1.83. The third-order valence-electron chi connectivity index (χ3n) is 2.78.